The van der Waals surface area contributed by atoms with Gasteiger partial charge in [-0.05, 0) is 0 Å². The summed E-state index contributed by atoms with van der Waals surface area (Å²) < 4.78 is 23.3. The molecule has 0 spiro atoms. The lowest BCUT2D eigenvalue weighted by molar-refractivity contribution is 0.342. The normalized spacial score (nSPS) is 15.0. The molecule has 6 heteroatoms. The van der Waals surface area contributed by atoms with Crippen LogP contribution in [0.5, 0.6) is 0 Å². The van der Waals surface area contributed by atoms with E-state index in [1.54, 1.807) is 0 Å². The molecular formula is C4H6BrClF2I2. The van der Waals surface area contributed by atoms with Crippen molar-refractivity contribution >= 4 is 72.7 Å². The third-order valence-corrected chi connectivity index (χ3v) is 4.89. The first-order valence-electron chi connectivity index (χ1n) is 2.22. The Kier molecular flexibility index (Phi) is 16.2. The highest BCUT2D eigenvalue weighted by atomic mass is 127. The summed E-state index contributed by atoms with van der Waals surface area (Å²) in [6, 6.07) is 0. The highest BCUT2D eigenvalue weighted by molar-refractivity contribution is 14.1. The molecule has 0 aromatic carbocycles. The largest absolute Gasteiger partial charge is 0.247 e. The number of rotatable bonds is 2. The molecule has 2 unspecified atom stereocenters. The van der Waals surface area contributed by atoms with E-state index in [0.717, 1.165) is 0 Å². The van der Waals surface area contributed by atoms with Crippen molar-refractivity contribution in [3.05, 3.63) is 0 Å². The highest BCUT2D eigenvalue weighted by Crippen LogP contribution is 2.10. The van der Waals surface area contributed by atoms with Gasteiger partial charge in [0, 0.05) is 4.43 Å². The maximum absolute atomic E-state index is 10.8. The maximum Gasteiger partial charge on any atom is 0.201 e. The molecule has 0 aromatic heterocycles. The number of hydrogen-bond donors (Lipinski definition) is 0. The minimum Gasteiger partial charge on any atom is -0.247 e. The molecule has 0 aliphatic rings. The monoisotopic (exact) mass is 460 g/mol. The average Bonchev–Trinajstić information content (AvgIpc) is 1.89. The molecule has 0 heterocycles. The molecule has 2 atom stereocenters. The number of hydrogen-bond acceptors (Lipinski definition) is 0. The standard InChI is InChI=1S/C2H3BrI2.C2H3ClF2/c2*3-2(5)1-4/h2*2H,1H2. The van der Waals surface area contributed by atoms with E-state index in [1.807, 2.05) is 0 Å². The fraction of sp³-hybridized carbons (Fsp3) is 1.00. The lowest BCUT2D eigenvalue weighted by Gasteiger charge is -1.84. The first-order chi connectivity index (χ1) is 4.54. The van der Waals surface area contributed by atoms with Crippen LogP contribution in [0.3, 0.4) is 0 Å². The van der Waals surface area contributed by atoms with E-state index >= 15 is 0 Å². The molecule has 0 fully saturated rings. The van der Waals surface area contributed by atoms with E-state index in [1.165, 1.54) is 4.43 Å². The van der Waals surface area contributed by atoms with E-state index in [4.69, 9.17) is 0 Å². The Morgan fingerprint density at radius 1 is 1.60 bits per heavy atom. The van der Waals surface area contributed by atoms with Gasteiger partial charge in [-0.15, -0.1) is 0 Å². The molecule has 0 bridgehead atoms. The third kappa shape index (κ3) is 22.5. The van der Waals surface area contributed by atoms with Gasteiger partial charge in [0.15, 0.2) is 0 Å². The molecule has 0 saturated carbocycles. The molecule has 10 heavy (non-hydrogen) atoms. The molecule has 0 aliphatic carbocycles. The lowest BCUT2D eigenvalue weighted by atomic mass is 10.9. The average molecular weight is 461 g/mol. The van der Waals surface area contributed by atoms with Crippen LogP contribution >= 0.6 is 72.7 Å². The van der Waals surface area contributed by atoms with Gasteiger partial charge in [0.1, 0.15) is 6.67 Å². The van der Waals surface area contributed by atoms with Gasteiger partial charge in [-0.2, -0.15) is 0 Å². The molecule has 0 aliphatic heterocycles. The van der Waals surface area contributed by atoms with Gasteiger partial charge in [-0.1, -0.05) is 72.7 Å². The van der Waals surface area contributed by atoms with Crippen molar-refractivity contribution in [1.29, 1.82) is 0 Å². The molecule has 0 aromatic rings. The fourth-order valence-corrected chi connectivity index (χ4v) is 0. The van der Waals surface area contributed by atoms with E-state index in [2.05, 4.69) is 72.7 Å². The summed E-state index contributed by atoms with van der Waals surface area (Å²) in [5, 5.41) is 0. The van der Waals surface area contributed by atoms with Crippen LogP contribution in [0.4, 0.5) is 8.78 Å². The van der Waals surface area contributed by atoms with Crippen molar-refractivity contribution in [2.75, 3.05) is 11.1 Å². The molecule has 0 N–H and O–H groups in total. The molecule has 0 amide bonds. The van der Waals surface area contributed by atoms with Crippen molar-refractivity contribution in [1.82, 2.24) is 0 Å². The summed E-state index contributed by atoms with van der Waals surface area (Å²) in [4.78, 5) is 0. The number of alkyl halides is 6. The Morgan fingerprint density at radius 2 is 1.80 bits per heavy atom. The van der Waals surface area contributed by atoms with Crippen molar-refractivity contribution in [2.24, 2.45) is 0 Å². The molecule has 0 nitrogen and oxygen atoms in total. The molecule has 0 radical (unpaired) electrons. The van der Waals surface area contributed by atoms with E-state index in [0.29, 0.717) is 2.83 Å². The Labute approximate surface area is 99.9 Å². The minimum absolute atomic E-state index is 0.653. The van der Waals surface area contributed by atoms with Crippen LogP contribution in [0.2, 0.25) is 0 Å². The number of halogens is 6. The summed E-state index contributed by atoms with van der Waals surface area (Å²) in [6.45, 7) is -1.10. The van der Waals surface area contributed by atoms with Gasteiger partial charge < -0.3 is 0 Å². The Balaban J connectivity index is 0. The minimum atomic E-state index is -1.81. The smallest absolute Gasteiger partial charge is 0.201 e. The Morgan fingerprint density at radius 3 is 1.80 bits per heavy atom. The molecule has 64 valence electrons. The SMILES string of the molecule is BrC(I)CI.FCC(F)Cl. The first kappa shape index (κ1) is 14.6. The van der Waals surface area contributed by atoms with Crippen molar-refractivity contribution < 1.29 is 8.78 Å². The second-order valence-corrected chi connectivity index (χ2v) is 6.77. The first-order valence-corrected chi connectivity index (χ1v) is 6.35. The topological polar surface area (TPSA) is 0 Å². The van der Waals surface area contributed by atoms with Gasteiger partial charge in [-0.3, -0.25) is 0 Å². The van der Waals surface area contributed by atoms with Crippen LogP contribution in [0.15, 0.2) is 0 Å². The molecular weight excluding hydrogens is 455 g/mol. The second kappa shape index (κ2) is 11.1. The Bertz CT molecular complexity index is 57.2. The van der Waals surface area contributed by atoms with Crippen LogP contribution in [-0.2, 0) is 0 Å². The van der Waals surface area contributed by atoms with Crippen molar-refractivity contribution in [2.45, 2.75) is 8.46 Å². The lowest BCUT2D eigenvalue weighted by Crippen LogP contribution is -1.86. The van der Waals surface area contributed by atoms with E-state index in [-0.39, 0.29) is 0 Å². The Hall–Kier alpha value is 2.09. The third-order valence-electron chi connectivity index (χ3n) is 0.233. The maximum atomic E-state index is 10.8. The second-order valence-electron chi connectivity index (χ2n) is 1.09. The van der Waals surface area contributed by atoms with Gasteiger partial charge in [0.2, 0.25) is 5.63 Å². The zero-order valence-electron chi connectivity index (χ0n) is 4.84. The zero-order valence-corrected chi connectivity index (χ0v) is 11.5. The quantitative estimate of drug-likeness (QED) is 0.430. The zero-order chi connectivity index (χ0) is 8.57. The fourth-order valence-electron chi connectivity index (χ4n) is 0. The summed E-state index contributed by atoms with van der Waals surface area (Å²) >= 11 is 12.4. The van der Waals surface area contributed by atoms with Crippen LogP contribution in [0.1, 0.15) is 0 Å². The molecule has 0 rings (SSSR count). The van der Waals surface area contributed by atoms with E-state index in [9.17, 15) is 8.78 Å². The van der Waals surface area contributed by atoms with Crippen LogP contribution in [0.25, 0.3) is 0 Å². The predicted octanol–water partition coefficient (Wildman–Crippen LogP) is 4.07. The molecule has 0 saturated heterocycles. The van der Waals surface area contributed by atoms with Gasteiger partial charge in [-0.25, -0.2) is 8.78 Å². The van der Waals surface area contributed by atoms with Crippen molar-refractivity contribution in [3.8, 4) is 0 Å². The van der Waals surface area contributed by atoms with Crippen LogP contribution in [0, 0.1) is 0 Å². The summed E-state index contributed by atoms with van der Waals surface area (Å²) in [7, 11) is 0. The summed E-state index contributed by atoms with van der Waals surface area (Å²) in [5.41, 5.74) is -1.81. The summed E-state index contributed by atoms with van der Waals surface area (Å²) in [6.07, 6.45) is 0. The highest BCUT2D eigenvalue weighted by Gasteiger charge is 1.92. The van der Waals surface area contributed by atoms with Crippen LogP contribution in [-0.4, -0.2) is 19.6 Å². The van der Waals surface area contributed by atoms with Gasteiger partial charge in [0.25, 0.3) is 0 Å². The van der Waals surface area contributed by atoms with Crippen LogP contribution < -0.4 is 0 Å². The van der Waals surface area contributed by atoms with E-state index < -0.39 is 12.3 Å². The van der Waals surface area contributed by atoms with Crippen molar-refractivity contribution in [3.63, 3.8) is 0 Å². The van der Waals surface area contributed by atoms with Gasteiger partial charge >= 0.3 is 0 Å². The summed E-state index contributed by atoms with van der Waals surface area (Å²) in [5.74, 6) is 0. The van der Waals surface area contributed by atoms with Gasteiger partial charge in [0.05, 0.1) is 2.83 Å². The predicted molar refractivity (Wildman–Crippen MR) is 62.3 cm³/mol.